The first-order valence-corrected chi connectivity index (χ1v) is 7.80. The van der Waals surface area contributed by atoms with Gasteiger partial charge in [0.15, 0.2) is 0 Å². The van der Waals surface area contributed by atoms with Gasteiger partial charge in [-0.25, -0.2) is 17.5 Å². The van der Waals surface area contributed by atoms with E-state index in [9.17, 15) is 12.8 Å². The lowest BCUT2D eigenvalue weighted by molar-refractivity contribution is 0.357. The van der Waals surface area contributed by atoms with Gasteiger partial charge < -0.3 is 5.73 Å². The molecule has 6 heteroatoms. The van der Waals surface area contributed by atoms with Gasteiger partial charge in [0.1, 0.15) is 10.7 Å². The monoisotopic (exact) mass is 286 g/mol. The highest BCUT2D eigenvalue weighted by molar-refractivity contribution is 7.89. The second kappa shape index (κ2) is 4.76. The minimum Gasteiger partial charge on any atom is -0.399 e. The van der Waals surface area contributed by atoms with Crippen LogP contribution >= 0.6 is 0 Å². The fourth-order valence-electron chi connectivity index (χ4n) is 2.16. The number of hydrogen-bond acceptors (Lipinski definition) is 3. The Kier molecular flexibility index (Phi) is 3.57. The lowest BCUT2D eigenvalue weighted by Gasteiger charge is -2.20. The van der Waals surface area contributed by atoms with Crippen molar-refractivity contribution in [2.45, 2.75) is 31.6 Å². The van der Waals surface area contributed by atoms with Crippen molar-refractivity contribution < 1.29 is 12.8 Å². The van der Waals surface area contributed by atoms with Crippen LogP contribution in [0, 0.1) is 17.2 Å². The van der Waals surface area contributed by atoms with Crippen LogP contribution in [0.2, 0.25) is 0 Å². The second-order valence-corrected chi connectivity index (χ2v) is 7.27. The molecule has 19 heavy (non-hydrogen) atoms. The largest absolute Gasteiger partial charge is 0.399 e. The van der Waals surface area contributed by atoms with Crippen LogP contribution in [0.4, 0.5) is 10.1 Å². The van der Waals surface area contributed by atoms with Gasteiger partial charge in [0.2, 0.25) is 10.0 Å². The number of hydrogen-bond donors (Lipinski definition) is 2. The van der Waals surface area contributed by atoms with Crippen molar-refractivity contribution in [1.82, 2.24) is 4.72 Å². The molecule has 0 radical (unpaired) electrons. The van der Waals surface area contributed by atoms with Crippen molar-refractivity contribution in [2.24, 2.45) is 11.3 Å². The molecule has 1 aromatic carbocycles. The SMILES string of the molecule is CC(C)C1(CNS(=O)(=O)c2cc(N)ccc2F)CC1. The van der Waals surface area contributed by atoms with Gasteiger partial charge in [-0.1, -0.05) is 13.8 Å². The Balaban J connectivity index is 2.17. The average molecular weight is 286 g/mol. The summed E-state index contributed by atoms with van der Waals surface area (Å²) in [5, 5.41) is 0. The lowest BCUT2D eigenvalue weighted by atomic mass is 9.93. The molecule has 1 aliphatic rings. The van der Waals surface area contributed by atoms with E-state index in [-0.39, 0.29) is 16.0 Å². The number of halogens is 1. The average Bonchev–Trinajstić information content (AvgIpc) is 3.11. The zero-order valence-corrected chi connectivity index (χ0v) is 11.9. The third-order valence-electron chi connectivity index (χ3n) is 3.98. The maximum atomic E-state index is 13.6. The number of sulfonamides is 1. The number of rotatable bonds is 5. The van der Waals surface area contributed by atoms with E-state index in [1.54, 1.807) is 0 Å². The van der Waals surface area contributed by atoms with E-state index in [0.29, 0.717) is 12.5 Å². The first-order valence-electron chi connectivity index (χ1n) is 6.31. The van der Waals surface area contributed by atoms with Crippen molar-refractivity contribution in [3.8, 4) is 0 Å². The first-order chi connectivity index (χ1) is 8.77. The zero-order chi connectivity index (χ0) is 14.3. The van der Waals surface area contributed by atoms with Gasteiger partial charge >= 0.3 is 0 Å². The van der Waals surface area contributed by atoms with Gasteiger partial charge in [0.25, 0.3) is 0 Å². The topological polar surface area (TPSA) is 72.2 Å². The summed E-state index contributed by atoms with van der Waals surface area (Å²) in [6, 6.07) is 3.55. The quantitative estimate of drug-likeness (QED) is 0.814. The van der Waals surface area contributed by atoms with Gasteiger partial charge in [0, 0.05) is 12.2 Å². The third-order valence-corrected chi connectivity index (χ3v) is 5.39. The highest BCUT2D eigenvalue weighted by Crippen LogP contribution is 2.51. The Labute approximate surface area is 113 Å². The van der Waals surface area contributed by atoms with Crippen molar-refractivity contribution >= 4 is 15.7 Å². The van der Waals surface area contributed by atoms with Gasteiger partial charge in [-0.15, -0.1) is 0 Å². The molecule has 2 rings (SSSR count). The highest BCUT2D eigenvalue weighted by Gasteiger charge is 2.45. The summed E-state index contributed by atoms with van der Waals surface area (Å²) in [5.41, 5.74) is 5.77. The summed E-state index contributed by atoms with van der Waals surface area (Å²) in [7, 11) is -3.85. The fraction of sp³-hybridized carbons (Fsp3) is 0.538. The fourth-order valence-corrected chi connectivity index (χ4v) is 3.41. The van der Waals surface area contributed by atoms with E-state index in [2.05, 4.69) is 18.6 Å². The van der Waals surface area contributed by atoms with Crippen molar-refractivity contribution in [3.63, 3.8) is 0 Å². The summed E-state index contributed by atoms with van der Waals surface area (Å²) in [6.45, 7) is 4.49. The molecule has 3 N–H and O–H groups in total. The van der Waals surface area contributed by atoms with E-state index < -0.39 is 15.8 Å². The maximum Gasteiger partial charge on any atom is 0.243 e. The van der Waals surface area contributed by atoms with E-state index in [1.807, 2.05) is 0 Å². The van der Waals surface area contributed by atoms with Gasteiger partial charge in [-0.2, -0.15) is 0 Å². The van der Waals surface area contributed by atoms with Crippen LogP contribution in [0.3, 0.4) is 0 Å². The van der Waals surface area contributed by atoms with Crippen LogP contribution in [-0.2, 0) is 10.0 Å². The standard InChI is InChI=1S/C13H19FN2O2S/c1-9(2)13(5-6-13)8-16-19(17,18)12-7-10(15)3-4-11(12)14/h3-4,7,9,16H,5-6,8,15H2,1-2H3. The Bertz CT molecular complexity index is 580. The van der Waals surface area contributed by atoms with Crippen molar-refractivity contribution in [1.29, 1.82) is 0 Å². The second-order valence-electron chi connectivity index (χ2n) is 5.53. The minimum atomic E-state index is -3.85. The van der Waals surface area contributed by atoms with E-state index in [4.69, 9.17) is 5.73 Å². The molecule has 0 saturated heterocycles. The molecular formula is C13H19FN2O2S. The molecule has 106 valence electrons. The van der Waals surface area contributed by atoms with Gasteiger partial charge in [-0.3, -0.25) is 0 Å². The molecule has 0 aliphatic heterocycles. The van der Waals surface area contributed by atoms with Crippen molar-refractivity contribution in [2.75, 3.05) is 12.3 Å². The first kappa shape index (κ1) is 14.3. The van der Waals surface area contributed by atoms with Gasteiger partial charge in [0.05, 0.1) is 0 Å². The van der Waals surface area contributed by atoms with Crippen molar-refractivity contribution in [3.05, 3.63) is 24.0 Å². The summed E-state index contributed by atoms with van der Waals surface area (Å²) < 4.78 is 40.3. The molecular weight excluding hydrogens is 267 g/mol. The Morgan fingerprint density at radius 2 is 2.05 bits per heavy atom. The third kappa shape index (κ3) is 2.90. The summed E-state index contributed by atoms with van der Waals surface area (Å²) in [6.07, 6.45) is 2.01. The molecule has 0 spiro atoms. The predicted octanol–water partition coefficient (Wildman–Crippen LogP) is 2.12. The Morgan fingerprint density at radius 3 is 2.58 bits per heavy atom. The number of nitrogens with one attached hydrogen (secondary N) is 1. The molecule has 0 aromatic heterocycles. The Morgan fingerprint density at radius 1 is 1.42 bits per heavy atom. The number of nitrogens with two attached hydrogens (primary N) is 1. The minimum absolute atomic E-state index is 0.0316. The summed E-state index contributed by atoms with van der Waals surface area (Å²) >= 11 is 0. The molecule has 0 heterocycles. The van der Waals surface area contributed by atoms with E-state index in [1.165, 1.54) is 6.07 Å². The summed E-state index contributed by atoms with van der Waals surface area (Å²) in [4.78, 5) is -0.382. The Hall–Kier alpha value is -1.14. The molecule has 1 saturated carbocycles. The normalized spacial score (nSPS) is 17.7. The molecule has 1 aromatic rings. The number of nitrogen functional groups attached to an aromatic ring is 1. The van der Waals surface area contributed by atoms with E-state index in [0.717, 1.165) is 25.0 Å². The molecule has 1 aliphatic carbocycles. The number of benzene rings is 1. The maximum absolute atomic E-state index is 13.6. The van der Waals surface area contributed by atoms with Crippen LogP contribution in [0.25, 0.3) is 0 Å². The smallest absolute Gasteiger partial charge is 0.243 e. The van der Waals surface area contributed by atoms with Crippen LogP contribution in [0.5, 0.6) is 0 Å². The molecule has 0 atom stereocenters. The van der Waals surface area contributed by atoms with Crippen LogP contribution < -0.4 is 10.5 Å². The lowest BCUT2D eigenvalue weighted by Crippen LogP contribution is -2.33. The van der Waals surface area contributed by atoms with Gasteiger partial charge in [-0.05, 0) is 42.4 Å². The highest BCUT2D eigenvalue weighted by atomic mass is 32.2. The van der Waals surface area contributed by atoms with Crippen LogP contribution in [0.1, 0.15) is 26.7 Å². The predicted molar refractivity (Wildman–Crippen MR) is 72.5 cm³/mol. The molecule has 1 fully saturated rings. The van der Waals surface area contributed by atoms with Crippen LogP contribution in [0.15, 0.2) is 23.1 Å². The molecule has 0 amide bonds. The number of anilines is 1. The summed E-state index contributed by atoms with van der Waals surface area (Å²) in [5.74, 6) is -0.378. The van der Waals surface area contributed by atoms with Crippen LogP contribution in [-0.4, -0.2) is 15.0 Å². The van der Waals surface area contributed by atoms with E-state index >= 15 is 0 Å². The molecule has 4 nitrogen and oxygen atoms in total. The molecule has 0 unspecified atom stereocenters. The molecule has 0 bridgehead atoms. The zero-order valence-electron chi connectivity index (χ0n) is 11.1.